The van der Waals surface area contributed by atoms with Crippen molar-refractivity contribution >= 4 is 15.9 Å². The van der Waals surface area contributed by atoms with Crippen LogP contribution in [-0.4, -0.2) is 5.33 Å². The summed E-state index contributed by atoms with van der Waals surface area (Å²) in [7, 11) is 0. The van der Waals surface area contributed by atoms with E-state index in [4.69, 9.17) is 0 Å². The van der Waals surface area contributed by atoms with Gasteiger partial charge in [-0.2, -0.15) is 0 Å². The molecule has 0 aliphatic carbocycles. The van der Waals surface area contributed by atoms with E-state index in [-0.39, 0.29) is 19.5 Å². The van der Waals surface area contributed by atoms with Crippen LogP contribution >= 0.6 is 15.9 Å². The van der Waals surface area contributed by atoms with Gasteiger partial charge in [0.25, 0.3) is 0 Å². The molecular weight excluding hydrogens is 181 g/mol. The second-order valence-corrected chi connectivity index (χ2v) is 1.48. The van der Waals surface area contributed by atoms with Crippen molar-refractivity contribution in [2.75, 3.05) is 5.33 Å². The SMILES string of the molecule is CCCBr.[Zn]. The number of alkyl halides is 1. The van der Waals surface area contributed by atoms with Crippen LogP contribution in [0.5, 0.6) is 0 Å². The zero-order valence-corrected chi connectivity index (χ0v) is 8.05. The Hall–Kier alpha value is 1.10. The van der Waals surface area contributed by atoms with Gasteiger partial charge >= 0.3 is 0 Å². The fourth-order valence-corrected chi connectivity index (χ4v) is 0. The van der Waals surface area contributed by atoms with Gasteiger partial charge in [0.15, 0.2) is 0 Å². The molecule has 28 valence electrons. The minimum absolute atomic E-state index is 0. The fraction of sp³-hybridized carbons (Fsp3) is 1.00. The molecule has 0 aliphatic rings. The van der Waals surface area contributed by atoms with E-state index in [1.54, 1.807) is 0 Å². The van der Waals surface area contributed by atoms with Gasteiger partial charge in [-0.25, -0.2) is 0 Å². The van der Waals surface area contributed by atoms with Gasteiger partial charge in [-0.05, 0) is 6.42 Å². The molecule has 0 aromatic rings. The molecule has 0 radical (unpaired) electrons. The van der Waals surface area contributed by atoms with Gasteiger partial charge in [0.1, 0.15) is 0 Å². The number of rotatable bonds is 1. The van der Waals surface area contributed by atoms with Crippen LogP contribution in [0.3, 0.4) is 0 Å². The molecule has 0 aromatic carbocycles. The quantitative estimate of drug-likeness (QED) is 0.435. The topological polar surface area (TPSA) is 0 Å². The summed E-state index contributed by atoms with van der Waals surface area (Å²) in [6.07, 6.45) is 1.24. The monoisotopic (exact) mass is 186 g/mol. The molecule has 0 spiro atoms. The van der Waals surface area contributed by atoms with E-state index in [1.165, 1.54) is 6.42 Å². The standard InChI is InChI=1S/C3H7Br.Zn/c1-2-3-4;/h2-3H2,1H3;. The van der Waals surface area contributed by atoms with Crippen LogP contribution in [0, 0.1) is 0 Å². The smallest absolute Gasteiger partial charge is 0.00286 e. The average Bonchev–Trinajstić information content (AvgIpc) is 1.37. The molecular formula is C3H7BrZn. The Morgan fingerprint density at radius 3 is 1.80 bits per heavy atom. The van der Waals surface area contributed by atoms with Gasteiger partial charge in [0, 0.05) is 24.8 Å². The molecule has 0 saturated carbocycles. The zero-order valence-electron chi connectivity index (χ0n) is 3.50. The minimum atomic E-state index is 0. The Labute approximate surface area is 54.2 Å². The molecule has 0 aliphatic heterocycles. The first kappa shape index (κ1) is 9.44. The van der Waals surface area contributed by atoms with Crippen LogP contribution in [-0.2, 0) is 19.5 Å². The summed E-state index contributed by atoms with van der Waals surface area (Å²) in [4.78, 5) is 0. The predicted octanol–water partition coefficient (Wildman–Crippen LogP) is 1.79. The fourth-order valence-electron chi connectivity index (χ4n) is 0. The van der Waals surface area contributed by atoms with E-state index in [2.05, 4.69) is 22.9 Å². The normalized spacial score (nSPS) is 6.00. The second-order valence-electron chi connectivity index (χ2n) is 0.689. The number of hydrogen-bond acceptors (Lipinski definition) is 0. The molecule has 0 amide bonds. The summed E-state index contributed by atoms with van der Waals surface area (Å²) >= 11 is 3.25. The molecule has 0 rings (SSSR count). The van der Waals surface area contributed by atoms with Crippen molar-refractivity contribution in [3.63, 3.8) is 0 Å². The third-order valence-electron chi connectivity index (χ3n) is 0.189. The first-order valence-electron chi connectivity index (χ1n) is 1.47. The Bertz CT molecular complexity index is 8.85. The van der Waals surface area contributed by atoms with Crippen LogP contribution in [0.4, 0.5) is 0 Å². The van der Waals surface area contributed by atoms with E-state index >= 15 is 0 Å². The Balaban J connectivity index is 0. The number of halogens is 1. The van der Waals surface area contributed by atoms with E-state index in [0.717, 1.165) is 5.33 Å². The van der Waals surface area contributed by atoms with Crippen molar-refractivity contribution in [1.82, 2.24) is 0 Å². The van der Waals surface area contributed by atoms with Crippen LogP contribution in [0.25, 0.3) is 0 Å². The molecule has 0 saturated heterocycles. The first-order chi connectivity index (χ1) is 1.91. The first-order valence-corrected chi connectivity index (χ1v) is 2.60. The van der Waals surface area contributed by atoms with Crippen LogP contribution in [0.1, 0.15) is 13.3 Å². The third-order valence-corrected chi connectivity index (χ3v) is 0.982. The van der Waals surface area contributed by atoms with Crippen molar-refractivity contribution < 1.29 is 19.5 Å². The van der Waals surface area contributed by atoms with Gasteiger partial charge in [-0.3, -0.25) is 0 Å². The summed E-state index contributed by atoms with van der Waals surface area (Å²) in [6.45, 7) is 2.13. The molecule has 0 bridgehead atoms. The molecule has 0 unspecified atom stereocenters. The molecule has 0 N–H and O–H groups in total. The van der Waals surface area contributed by atoms with Crippen LogP contribution < -0.4 is 0 Å². The Morgan fingerprint density at radius 2 is 1.80 bits per heavy atom. The van der Waals surface area contributed by atoms with Gasteiger partial charge < -0.3 is 0 Å². The molecule has 0 aromatic heterocycles. The maximum Gasteiger partial charge on any atom is 0.00286 e. The van der Waals surface area contributed by atoms with Crippen molar-refractivity contribution in [1.29, 1.82) is 0 Å². The van der Waals surface area contributed by atoms with Gasteiger partial charge in [0.2, 0.25) is 0 Å². The van der Waals surface area contributed by atoms with E-state index in [1.807, 2.05) is 0 Å². The summed E-state index contributed by atoms with van der Waals surface area (Å²) in [5.41, 5.74) is 0. The van der Waals surface area contributed by atoms with Gasteiger partial charge in [-0.15, -0.1) is 0 Å². The molecule has 0 nitrogen and oxygen atoms in total. The molecule has 0 fully saturated rings. The van der Waals surface area contributed by atoms with Crippen molar-refractivity contribution in [3.05, 3.63) is 0 Å². The minimum Gasteiger partial charge on any atom is -0.0928 e. The zero-order chi connectivity index (χ0) is 3.41. The third kappa shape index (κ3) is 11.1. The average molecular weight is 188 g/mol. The van der Waals surface area contributed by atoms with Crippen molar-refractivity contribution in [2.24, 2.45) is 0 Å². The Kier molecular flexibility index (Phi) is 16.8. The van der Waals surface area contributed by atoms with E-state index < -0.39 is 0 Å². The Morgan fingerprint density at radius 1 is 1.60 bits per heavy atom. The summed E-state index contributed by atoms with van der Waals surface area (Å²) < 4.78 is 0. The number of hydrogen-bond donors (Lipinski definition) is 0. The van der Waals surface area contributed by atoms with Crippen molar-refractivity contribution in [3.8, 4) is 0 Å². The molecule has 2 heteroatoms. The van der Waals surface area contributed by atoms with E-state index in [0.29, 0.717) is 0 Å². The summed E-state index contributed by atoms with van der Waals surface area (Å²) in [5, 5.41) is 1.13. The summed E-state index contributed by atoms with van der Waals surface area (Å²) in [6, 6.07) is 0. The van der Waals surface area contributed by atoms with Crippen LogP contribution in [0.15, 0.2) is 0 Å². The van der Waals surface area contributed by atoms with Gasteiger partial charge in [-0.1, -0.05) is 22.9 Å². The maximum absolute atomic E-state index is 3.25. The predicted molar refractivity (Wildman–Crippen MR) is 24.1 cm³/mol. The molecule has 0 heterocycles. The largest absolute Gasteiger partial charge is 0.0928 e. The van der Waals surface area contributed by atoms with Crippen molar-refractivity contribution in [2.45, 2.75) is 13.3 Å². The molecule has 5 heavy (non-hydrogen) atoms. The van der Waals surface area contributed by atoms with Gasteiger partial charge in [0.05, 0.1) is 0 Å². The second kappa shape index (κ2) is 8.92. The molecule has 0 atom stereocenters. The summed E-state index contributed by atoms with van der Waals surface area (Å²) in [5.74, 6) is 0. The van der Waals surface area contributed by atoms with E-state index in [9.17, 15) is 0 Å². The van der Waals surface area contributed by atoms with Crippen LogP contribution in [0.2, 0.25) is 0 Å². The maximum atomic E-state index is 3.25.